The van der Waals surface area contributed by atoms with Gasteiger partial charge in [-0.2, -0.15) is 5.10 Å². The van der Waals surface area contributed by atoms with E-state index in [4.69, 9.17) is 0 Å². The molecule has 0 spiro atoms. The van der Waals surface area contributed by atoms with E-state index >= 15 is 0 Å². The summed E-state index contributed by atoms with van der Waals surface area (Å²) in [6.07, 6.45) is 11.9. The predicted molar refractivity (Wildman–Crippen MR) is 115 cm³/mol. The second-order valence-electron chi connectivity index (χ2n) is 8.23. The molecule has 0 saturated carbocycles. The Morgan fingerprint density at radius 2 is 1.77 bits per heavy atom. The lowest BCUT2D eigenvalue weighted by Gasteiger charge is -2.34. The van der Waals surface area contributed by atoms with Gasteiger partial charge in [0.1, 0.15) is 12.1 Å². The van der Waals surface area contributed by atoms with Crippen molar-refractivity contribution in [2.75, 3.05) is 18.0 Å². The standard InChI is InChI=1S/C23H26N6O/c30-22-6-5-20(18-7-11-24-12-8-18)27-29(22)15-17-9-13-28(14-10-17)23-19-3-1-2-4-21(19)25-16-26-23/h5-8,11-12,16-17H,1-4,9-10,13-15H2. The van der Waals surface area contributed by atoms with E-state index in [0.29, 0.717) is 12.5 Å². The first-order chi connectivity index (χ1) is 14.8. The number of pyridine rings is 1. The first kappa shape index (κ1) is 18.9. The van der Waals surface area contributed by atoms with Gasteiger partial charge in [0, 0.05) is 54.9 Å². The number of aromatic nitrogens is 5. The van der Waals surface area contributed by atoms with Gasteiger partial charge < -0.3 is 4.90 Å². The molecule has 30 heavy (non-hydrogen) atoms. The third-order valence-corrected chi connectivity index (χ3v) is 6.29. The zero-order chi connectivity index (χ0) is 20.3. The van der Waals surface area contributed by atoms with Crippen LogP contribution in [-0.2, 0) is 19.4 Å². The maximum atomic E-state index is 12.4. The monoisotopic (exact) mass is 402 g/mol. The summed E-state index contributed by atoms with van der Waals surface area (Å²) in [5.74, 6) is 1.57. The topological polar surface area (TPSA) is 76.8 Å². The van der Waals surface area contributed by atoms with Crippen LogP contribution in [0, 0.1) is 5.92 Å². The summed E-state index contributed by atoms with van der Waals surface area (Å²) in [4.78, 5) is 28.0. The molecule has 0 aromatic carbocycles. The highest BCUT2D eigenvalue weighted by Gasteiger charge is 2.25. The van der Waals surface area contributed by atoms with E-state index < -0.39 is 0 Å². The first-order valence-electron chi connectivity index (χ1n) is 10.8. The molecule has 1 aliphatic carbocycles. The summed E-state index contributed by atoms with van der Waals surface area (Å²) >= 11 is 0. The normalized spacial score (nSPS) is 17.0. The van der Waals surface area contributed by atoms with E-state index in [1.54, 1.807) is 35.5 Å². The molecular weight excluding hydrogens is 376 g/mol. The third-order valence-electron chi connectivity index (χ3n) is 6.29. The zero-order valence-electron chi connectivity index (χ0n) is 17.1. The number of anilines is 1. The zero-order valence-corrected chi connectivity index (χ0v) is 17.1. The number of rotatable bonds is 4. The molecule has 4 heterocycles. The Morgan fingerprint density at radius 1 is 0.967 bits per heavy atom. The number of piperidine rings is 1. The second-order valence-corrected chi connectivity index (χ2v) is 8.23. The van der Waals surface area contributed by atoms with E-state index in [1.807, 2.05) is 12.1 Å². The fourth-order valence-electron chi connectivity index (χ4n) is 4.60. The Kier molecular flexibility index (Phi) is 5.26. The molecule has 5 rings (SSSR count). The van der Waals surface area contributed by atoms with E-state index in [-0.39, 0.29) is 5.56 Å². The average Bonchev–Trinajstić information content (AvgIpc) is 2.81. The SMILES string of the molecule is O=c1ccc(-c2ccncc2)nn1CC1CCN(c2ncnc3c2CCCC3)CC1. The minimum atomic E-state index is -0.0416. The van der Waals surface area contributed by atoms with Crippen LogP contribution in [0.25, 0.3) is 11.3 Å². The molecule has 2 aliphatic rings. The van der Waals surface area contributed by atoms with Gasteiger partial charge in [-0.25, -0.2) is 14.6 Å². The molecule has 7 nitrogen and oxygen atoms in total. The summed E-state index contributed by atoms with van der Waals surface area (Å²) in [5, 5.41) is 4.61. The van der Waals surface area contributed by atoms with E-state index in [1.165, 1.54) is 24.1 Å². The van der Waals surface area contributed by atoms with Crippen LogP contribution in [0.3, 0.4) is 0 Å². The summed E-state index contributed by atoms with van der Waals surface area (Å²) in [7, 11) is 0. The maximum Gasteiger partial charge on any atom is 0.266 e. The van der Waals surface area contributed by atoms with Crippen LogP contribution in [0.5, 0.6) is 0 Å². The van der Waals surface area contributed by atoms with Crippen LogP contribution in [0.15, 0.2) is 47.8 Å². The minimum absolute atomic E-state index is 0.0416. The van der Waals surface area contributed by atoms with Gasteiger partial charge >= 0.3 is 0 Å². The molecule has 0 N–H and O–H groups in total. The predicted octanol–water partition coefficient (Wildman–Crippen LogP) is 2.89. The maximum absolute atomic E-state index is 12.4. The number of hydrogen-bond donors (Lipinski definition) is 0. The lowest BCUT2D eigenvalue weighted by Crippen LogP contribution is -2.38. The second kappa shape index (κ2) is 8.34. The van der Waals surface area contributed by atoms with Crippen molar-refractivity contribution in [2.24, 2.45) is 5.92 Å². The number of hydrogen-bond acceptors (Lipinski definition) is 6. The molecule has 0 radical (unpaired) electrons. The Balaban J connectivity index is 1.28. The van der Waals surface area contributed by atoms with Gasteiger partial charge in [-0.3, -0.25) is 9.78 Å². The van der Waals surface area contributed by atoms with Gasteiger partial charge in [0.15, 0.2) is 0 Å². The van der Waals surface area contributed by atoms with Crippen molar-refractivity contribution in [3.8, 4) is 11.3 Å². The molecule has 0 unspecified atom stereocenters. The molecule has 0 amide bonds. The van der Waals surface area contributed by atoms with Crippen LogP contribution in [0.2, 0.25) is 0 Å². The lowest BCUT2D eigenvalue weighted by molar-refractivity contribution is 0.334. The number of nitrogens with zero attached hydrogens (tertiary/aromatic N) is 6. The number of aryl methyl sites for hydroxylation is 1. The fourth-order valence-corrected chi connectivity index (χ4v) is 4.60. The van der Waals surface area contributed by atoms with E-state index in [9.17, 15) is 4.79 Å². The Bertz CT molecular complexity index is 1070. The highest BCUT2D eigenvalue weighted by atomic mass is 16.1. The first-order valence-corrected chi connectivity index (χ1v) is 10.8. The quantitative estimate of drug-likeness (QED) is 0.668. The molecule has 1 fully saturated rings. The van der Waals surface area contributed by atoms with Gasteiger partial charge in [0.2, 0.25) is 0 Å². The summed E-state index contributed by atoms with van der Waals surface area (Å²) in [6, 6.07) is 7.23. The highest BCUT2D eigenvalue weighted by molar-refractivity contribution is 5.57. The molecule has 3 aromatic heterocycles. The van der Waals surface area contributed by atoms with Crippen molar-refractivity contribution in [1.82, 2.24) is 24.7 Å². The van der Waals surface area contributed by atoms with Crippen molar-refractivity contribution in [3.63, 3.8) is 0 Å². The van der Waals surface area contributed by atoms with Crippen LogP contribution < -0.4 is 10.5 Å². The smallest absolute Gasteiger partial charge is 0.266 e. The fraction of sp³-hybridized carbons (Fsp3) is 0.435. The largest absolute Gasteiger partial charge is 0.356 e. The molecule has 0 atom stereocenters. The van der Waals surface area contributed by atoms with Gasteiger partial charge in [-0.15, -0.1) is 0 Å². The van der Waals surface area contributed by atoms with E-state index in [0.717, 1.165) is 55.8 Å². The van der Waals surface area contributed by atoms with Gasteiger partial charge in [-0.1, -0.05) is 0 Å². The molecular formula is C23H26N6O. The summed E-state index contributed by atoms with van der Waals surface area (Å²) < 4.78 is 1.63. The highest BCUT2D eigenvalue weighted by Crippen LogP contribution is 2.30. The Labute approximate surface area is 175 Å². The summed E-state index contributed by atoms with van der Waals surface area (Å²) in [6.45, 7) is 2.59. The van der Waals surface area contributed by atoms with Crippen molar-refractivity contribution in [1.29, 1.82) is 0 Å². The summed E-state index contributed by atoms with van der Waals surface area (Å²) in [5.41, 5.74) is 4.33. The van der Waals surface area contributed by atoms with Gasteiger partial charge in [0.05, 0.1) is 5.69 Å². The Morgan fingerprint density at radius 3 is 2.60 bits per heavy atom. The van der Waals surface area contributed by atoms with Crippen LogP contribution in [-0.4, -0.2) is 37.8 Å². The van der Waals surface area contributed by atoms with Crippen LogP contribution in [0.1, 0.15) is 36.9 Å². The third kappa shape index (κ3) is 3.84. The molecule has 3 aromatic rings. The molecule has 7 heteroatoms. The Hall–Kier alpha value is -3.09. The average molecular weight is 403 g/mol. The van der Waals surface area contributed by atoms with Crippen LogP contribution in [0.4, 0.5) is 5.82 Å². The van der Waals surface area contributed by atoms with Crippen molar-refractivity contribution in [3.05, 3.63) is 64.6 Å². The lowest BCUT2D eigenvalue weighted by atomic mass is 9.93. The van der Waals surface area contributed by atoms with E-state index in [2.05, 4.69) is 25.0 Å². The van der Waals surface area contributed by atoms with Crippen molar-refractivity contribution < 1.29 is 0 Å². The molecule has 1 aliphatic heterocycles. The molecule has 154 valence electrons. The van der Waals surface area contributed by atoms with Gasteiger partial charge in [0.25, 0.3) is 5.56 Å². The van der Waals surface area contributed by atoms with Gasteiger partial charge in [-0.05, 0) is 62.6 Å². The molecule has 1 saturated heterocycles. The van der Waals surface area contributed by atoms with Crippen LogP contribution >= 0.6 is 0 Å². The van der Waals surface area contributed by atoms with Crippen molar-refractivity contribution in [2.45, 2.75) is 45.1 Å². The number of fused-ring (bicyclic) bond motifs is 1. The molecule has 0 bridgehead atoms. The minimum Gasteiger partial charge on any atom is -0.356 e. The van der Waals surface area contributed by atoms with Crippen molar-refractivity contribution >= 4 is 5.82 Å².